The highest BCUT2D eigenvalue weighted by molar-refractivity contribution is 7.89. The van der Waals surface area contributed by atoms with Gasteiger partial charge in [-0.25, -0.2) is 13.2 Å². The van der Waals surface area contributed by atoms with E-state index in [9.17, 15) is 18.0 Å². The highest BCUT2D eigenvalue weighted by atomic mass is 35.5. The molecule has 4 N–H and O–H groups in total. The molecule has 3 rings (SSSR count). The van der Waals surface area contributed by atoms with Crippen molar-refractivity contribution in [2.75, 3.05) is 31.5 Å². The van der Waals surface area contributed by atoms with Gasteiger partial charge in [0.25, 0.3) is 5.91 Å². The maximum atomic E-state index is 13.3. The summed E-state index contributed by atoms with van der Waals surface area (Å²) in [6.07, 6.45) is -1.40. The lowest BCUT2D eigenvalue weighted by atomic mass is 10.2. The van der Waals surface area contributed by atoms with Crippen molar-refractivity contribution in [2.24, 2.45) is 5.73 Å². The van der Waals surface area contributed by atoms with Crippen LogP contribution in [-0.4, -0.2) is 61.9 Å². The van der Waals surface area contributed by atoms with Crippen LogP contribution in [0.3, 0.4) is 0 Å². The molecule has 0 bridgehead atoms. The third-order valence-electron chi connectivity index (χ3n) is 4.87. The van der Waals surface area contributed by atoms with Crippen molar-refractivity contribution >= 4 is 50.9 Å². The molecule has 1 unspecified atom stereocenters. The van der Waals surface area contributed by atoms with Crippen LogP contribution < -0.4 is 16.4 Å². The number of nitrogens with zero attached hydrogens (tertiary/aromatic N) is 2. The van der Waals surface area contributed by atoms with Gasteiger partial charge in [0.2, 0.25) is 10.0 Å². The Labute approximate surface area is 196 Å². The van der Waals surface area contributed by atoms with E-state index in [1.54, 1.807) is 12.1 Å². The van der Waals surface area contributed by atoms with Gasteiger partial charge < -0.3 is 16.4 Å². The van der Waals surface area contributed by atoms with Gasteiger partial charge in [0.15, 0.2) is 6.17 Å². The molecule has 1 fully saturated rings. The fourth-order valence-electron chi connectivity index (χ4n) is 3.23. The molecule has 2 aromatic rings. The summed E-state index contributed by atoms with van der Waals surface area (Å²) < 4.78 is 27.6. The van der Waals surface area contributed by atoms with Crippen molar-refractivity contribution in [3.63, 3.8) is 0 Å². The first kappa shape index (κ1) is 24.3. The predicted octanol–water partition coefficient (Wildman–Crippen LogP) is 2.24. The topological polar surface area (TPSA) is 125 Å². The SMILES string of the molecule is Cc1ccc(NC(=O)N2CCN(S(=O)(=O)c3ccc(Cl)c(Cl)c3)C2C(=O)NCCN)cc1. The molecule has 1 aliphatic heterocycles. The van der Waals surface area contributed by atoms with Gasteiger partial charge in [-0.15, -0.1) is 0 Å². The number of hydrogen-bond acceptors (Lipinski definition) is 5. The summed E-state index contributed by atoms with van der Waals surface area (Å²) in [5.41, 5.74) is 7.00. The van der Waals surface area contributed by atoms with E-state index in [1.807, 2.05) is 19.1 Å². The van der Waals surface area contributed by atoms with E-state index in [-0.39, 0.29) is 41.1 Å². The summed E-state index contributed by atoms with van der Waals surface area (Å²) >= 11 is 11.9. The average molecular weight is 500 g/mol. The van der Waals surface area contributed by atoms with Crippen LogP contribution in [0.2, 0.25) is 10.0 Å². The molecule has 0 aromatic heterocycles. The zero-order valence-corrected chi connectivity index (χ0v) is 19.5. The number of benzene rings is 2. The Bertz CT molecular complexity index is 1110. The summed E-state index contributed by atoms with van der Waals surface area (Å²) in [4.78, 5) is 26.9. The molecule has 32 heavy (non-hydrogen) atoms. The molecule has 2 aromatic carbocycles. The van der Waals surface area contributed by atoms with Crippen molar-refractivity contribution in [1.82, 2.24) is 14.5 Å². The molecule has 1 heterocycles. The highest BCUT2D eigenvalue weighted by Crippen LogP contribution is 2.30. The second kappa shape index (κ2) is 10.1. The van der Waals surface area contributed by atoms with Gasteiger partial charge >= 0.3 is 6.03 Å². The van der Waals surface area contributed by atoms with Gasteiger partial charge in [0, 0.05) is 31.9 Å². The lowest BCUT2D eigenvalue weighted by Crippen LogP contribution is -2.55. The van der Waals surface area contributed by atoms with Crippen LogP contribution in [0.25, 0.3) is 0 Å². The molecule has 0 radical (unpaired) electrons. The van der Waals surface area contributed by atoms with Crippen LogP contribution in [0, 0.1) is 6.92 Å². The number of nitrogens with one attached hydrogen (secondary N) is 2. The standard InChI is InChI=1S/C20H23Cl2N5O4S/c1-13-2-4-14(5-3-13)25-20(29)26-10-11-27(19(26)18(28)24-9-8-23)32(30,31)15-6-7-16(21)17(22)12-15/h2-7,12,19H,8-11,23H2,1H3,(H,24,28)(H,25,29). The summed E-state index contributed by atoms with van der Waals surface area (Å²) in [6.45, 7) is 2.14. The van der Waals surface area contributed by atoms with E-state index in [2.05, 4.69) is 10.6 Å². The predicted molar refractivity (Wildman–Crippen MR) is 123 cm³/mol. The minimum atomic E-state index is -4.17. The number of amides is 3. The number of carbonyl (C=O) groups is 2. The third-order valence-corrected chi connectivity index (χ3v) is 7.46. The van der Waals surface area contributed by atoms with Crippen LogP contribution in [-0.2, 0) is 14.8 Å². The van der Waals surface area contributed by atoms with Crippen LogP contribution in [0.1, 0.15) is 5.56 Å². The van der Waals surface area contributed by atoms with E-state index in [0.29, 0.717) is 5.69 Å². The molecule has 1 atom stereocenters. The fourth-order valence-corrected chi connectivity index (χ4v) is 5.17. The maximum Gasteiger partial charge on any atom is 0.323 e. The molecule has 1 saturated heterocycles. The molecule has 9 nitrogen and oxygen atoms in total. The Morgan fingerprint density at radius 2 is 1.78 bits per heavy atom. The Hall–Kier alpha value is -2.37. The zero-order valence-electron chi connectivity index (χ0n) is 17.2. The summed E-state index contributed by atoms with van der Waals surface area (Å²) in [5.74, 6) is -0.657. The Balaban J connectivity index is 1.91. The van der Waals surface area contributed by atoms with Crippen molar-refractivity contribution in [3.8, 4) is 0 Å². The summed E-state index contributed by atoms with van der Waals surface area (Å²) in [7, 11) is -4.17. The number of nitrogens with two attached hydrogens (primary N) is 1. The zero-order chi connectivity index (χ0) is 23.5. The Morgan fingerprint density at radius 3 is 2.41 bits per heavy atom. The van der Waals surface area contributed by atoms with Crippen LogP contribution in [0.15, 0.2) is 47.4 Å². The molecule has 0 aliphatic carbocycles. The minimum absolute atomic E-state index is 0.0129. The number of hydrogen-bond donors (Lipinski definition) is 3. The fraction of sp³-hybridized carbons (Fsp3) is 0.300. The van der Waals surface area contributed by atoms with Crippen LogP contribution in [0.4, 0.5) is 10.5 Å². The monoisotopic (exact) mass is 499 g/mol. The molecule has 0 spiro atoms. The number of rotatable bonds is 6. The quantitative estimate of drug-likeness (QED) is 0.561. The maximum absolute atomic E-state index is 13.3. The highest BCUT2D eigenvalue weighted by Gasteiger charge is 2.46. The van der Waals surface area contributed by atoms with Gasteiger partial charge in [0.1, 0.15) is 0 Å². The number of aryl methyl sites for hydroxylation is 1. The van der Waals surface area contributed by atoms with Crippen molar-refractivity contribution in [1.29, 1.82) is 0 Å². The summed E-state index contributed by atoms with van der Waals surface area (Å²) in [5, 5.41) is 5.53. The van der Waals surface area contributed by atoms with E-state index in [4.69, 9.17) is 28.9 Å². The number of anilines is 1. The number of urea groups is 1. The first-order valence-corrected chi connectivity index (χ1v) is 11.9. The van der Waals surface area contributed by atoms with Crippen LogP contribution in [0.5, 0.6) is 0 Å². The van der Waals surface area contributed by atoms with E-state index >= 15 is 0 Å². The first-order chi connectivity index (χ1) is 15.1. The number of sulfonamides is 1. The van der Waals surface area contributed by atoms with E-state index < -0.39 is 28.1 Å². The molecule has 1 aliphatic rings. The van der Waals surface area contributed by atoms with Crippen molar-refractivity contribution in [3.05, 3.63) is 58.1 Å². The van der Waals surface area contributed by atoms with E-state index in [0.717, 1.165) is 9.87 Å². The number of carbonyl (C=O) groups excluding carboxylic acids is 2. The third kappa shape index (κ3) is 5.16. The van der Waals surface area contributed by atoms with Gasteiger partial charge in [-0.05, 0) is 37.3 Å². The summed E-state index contributed by atoms with van der Waals surface area (Å²) in [6, 6.07) is 10.4. The molecular weight excluding hydrogens is 477 g/mol. The average Bonchev–Trinajstić information content (AvgIpc) is 3.22. The van der Waals surface area contributed by atoms with Gasteiger partial charge in [-0.3, -0.25) is 9.69 Å². The van der Waals surface area contributed by atoms with Gasteiger partial charge in [-0.1, -0.05) is 40.9 Å². The van der Waals surface area contributed by atoms with Crippen molar-refractivity contribution < 1.29 is 18.0 Å². The number of halogens is 2. The minimum Gasteiger partial charge on any atom is -0.352 e. The lowest BCUT2D eigenvalue weighted by molar-refractivity contribution is -0.127. The molecule has 12 heteroatoms. The van der Waals surface area contributed by atoms with Gasteiger partial charge in [-0.2, -0.15) is 4.31 Å². The normalized spacial score (nSPS) is 16.8. The molecule has 0 saturated carbocycles. The molecule has 172 valence electrons. The Morgan fingerprint density at radius 1 is 1.09 bits per heavy atom. The van der Waals surface area contributed by atoms with Gasteiger partial charge in [0.05, 0.1) is 14.9 Å². The smallest absolute Gasteiger partial charge is 0.323 e. The Kier molecular flexibility index (Phi) is 7.63. The molecular formula is C20H23Cl2N5O4S. The second-order valence-corrected chi connectivity index (χ2v) is 9.84. The van der Waals surface area contributed by atoms with Crippen LogP contribution >= 0.6 is 23.2 Å². The molecule has 3 amide bonds. The lowest BCUT2D eigenvalue weighted by Gasteiger charge is -2.28. The van der Waals surface area contributed by atoms with Crippen molar-refractivity contribution in [2.45, 2.75) is 18.0 Å². The largest absolute Gasteiger partial charge is 0.352 e. The van der Waals surface area contributed by atoms with E-state index in [1.165, 1.54) is 23.1 Å². The first-order valence-electron chi connectivity index (χ1n) is 9.74. The second-order valence-electron chi connectivity index (χ2n) is 7.13.